The van der Waals surface area contributed by atoms with Gasteiger partial charge in [-0.1, -0.05) is 0 Å². The molecule has 2 bridgehead atoms. The predicted molar refractivity (Wildman–Crippen MR) is 105 cm³/mol. The third kappa shape index (κ3) is 4.26. The molecule has 3 aliphatic carbocycles. The number of fused-ring (bicyclic) bond motifs is 3. The largest absolute Gasteiger partial charge is 0.416 e. The van der Waals surface area contributed by atoms with Crippen molar-refractivity contribution in [2.24, 2.45) is 5.41 Å². The second-order valence-electron chi connectivity index (χ2n) is 8.58. The van der Waals surface area contributed by atoms with Gasteiger partial charge in [-0.15, -0.1) is 0 Å². The second-order valence-corrected chi connectivity index (χ2v) is 10.8. The Hall–Kier alpha value is -2.28. The van der Waals surface area contributed by atoms with Crippen LogP contribution in [-0.4, -0.2) is 25.1 Å². The van der Waals surface area contributed by atoms with Crippen molar-refractivity contribution in [2.75, 3.05) is 4.72 Å². The van der Waals surface area contributed by atoms with Crippen molar-refractivity contribution in [3.05, 3.63) is 29.3 Å². The lowest BCUT2D eigenvalue weighted by atomic mass is 9.58. The monoisotopic (exact) mass is 443 g/mol. The number of carbonyl (C=O) groups excluding carboxylic acids is 1. The molecule has 30 heavy (non-hydrogen) atoms. The molecule has 2 N–H and O–H groups in total. The molecule has 1 amide bonds. The number of nitrogens with one attached hydrogen (secondary N) is 2. The maximum absolute atomic E-state index is 13.2. The number of nitrogens with zero attached hydrogens (tertiary/aromatic N) is 1. The molecule has 164 valence electrons. The van der Waals surface area contributed by atoms with E-state index in [-0.39, 0.29) is 11.0 Å². The van der Waals surface area contributed by atoms with Gasteiger partial charge in [0.15, 0.2) is 0 Å². The SMILES string of the molecule is CC(C)S(=O)(=O)Nc1cc(C(F)(F)F)ccc1C(=O)NC12CCC(C#N)(CC1)CC2. The van der Waals surface area contributed by atoms with E-state index >= 15 is 0 Å². The molecule has 6 nitrogen and oxygen atoms in total. The normalized spacial score (nSPS) is 26.3. The van der Waals surface area contributed by atoms with Gasteiger partial charge in [0.1, 0.15) is 0 Å². The average Bonchev–Trinajstić information content (AvgIpc) is 2.68. The zero-order chi connectivity index (χ0) is 22.4. The van der Waals surface area contributed by atoms with Crippen LogP contribution in [0.5, 0.6) is 0 Å². The standard InChI is InChI=1S/C20H24F3N3O3S/c1-13(2)30(28,29)26-16-11-14(20(21,22)23)3-4-15(16)17(27)25-19-8-5-18(12-24,6-9-19)7-10-19/h3-4,11,13,26H,5-10H2,1-2H3,(H,25,27). The summed E-state index contributed by atoms with van der Waals surface area (Å²) in [6.07, 6.45) is -0.879. The molecule has 0 atom stereocenters. The highest BCUT2D eigenvalue weighted by atomic mass is 32.2. The molecule has 0 unspecified atom stereocenters. The van der Waals surface area contributed by atoms with E-state index in [1.54, 1.807) is 0 Å². The topological polar surface area (TPSA) is 99.1 Å². The second kappa shape index (κ2) is 7.45. The summed E-state index contributed by atoms with van der Waals surface area (Å²) in [5.74, 6) is -0.628. The van der Waals surface area contributed by atoms with Crippen LogP contribution in [0.1, 0.15) is 68.3 Å². The molecule has 10 heteroatoms. The summed E-state index contributed by atoms with van der Waals surface area (Å²) in [4.78, 5) is 13.0. The molecule has 3 saturated carbocycles. The van der Waals surface area contributed by atoms with Gasteiger partial charge in [0.05, 0.1) is 33.5 Å². The van der Waals surface area contributed by atoms with E-state index in [9.17, 15) is 31.6 Å². The Morgan fingerprint density at radius 3 is 2.17 bits per heavy atom. The van der Waals surface area contributed by atoms with E-state index in [4.69, 9.17) is 0 Å². The molecule has 1 aromatic rings. The molecule has 0 saturated heterocycles. The minimum Gasteiger partial charge on any atom is -0.347 e. The number of benzene rings is 1. The number of carbonyl (C=O) groups is 1. The van der Waals surface area contributed by atoms with E-state index in [1.807, 2.05) is 0 Å². The van der Waals surface area contributed by atoms with Crippen molar-refractivity contribution in [1.29, 1.82) is 5.26 Å². The Morgan fingerprint density at radius 1 is 1.13 bits per heavy atom. The number of nitriles is 1. The van der Waals surface area contributed by atoms with Crippen molar-refractivity contribution in [3.63, 3.8) is 0 Å². The number of hydrogen-bond acceptors (Lipinski definition) is 4. The van der Waals surface area contributed by atoms with Crippen LogP contribution in [0.2, 0.25) is 0 Å². The van der Waals surface area contributed by atoms with Crippen LogP contribution in [-0.2, 0) is 16.2 Å². The van der Waals surface area contributed by atoms with Gasteiger partial charge in [0, 0.05) is 5.54 Å². The van der Waals surface area contributed by atoms with Crippen LogP contribution in [0.25, 0.3) is 0 Å². The summed E-state index contributed by atoms with van der Waals surface area (Å²) in [5.41, 5.74) is -2.48. The smallest absolute Gasteiger partial charge is 0.347 e. The van der Waals surface area contributed by atoms with Gasteiger partial charge in [0.25, 0.3) is 5.91 Å². The molecular weight excluding hydrogens is 419 g/mol. The highest BCUT2D eigenvalue weighted by molar-refractivity contribution is 7.93. The Labute approximate surface area is 173 Å². The zero-order valence-electron chi connectivity index (χ0n) is 16.8. The van der Waals surface area contributed by atoms with E-state index in [2.05, 4.69) is 16.1 Å². The third-order valence-corrected chi connectivity index (χ3v) is 8.07. The van der Waals surface area contributed by atoms with Gasteiger partial charge in [-0.3, -0.25) is 9.52 Å². The highest BCUT2D eigenvalue weighted by Crippen LogP contribution is 2.52. The van der Waals surface area contributed by atoms with Crippen molar-refractivity contribution in [3.8, 4) is 6.07 Å². The van der Waals surface area contributed by atoms with Crippen molar-refractivity contribution in [1.82, 2.24) is 5.32 Å². The summed E-state index contributed by atoms with van der Waals surface area (Å²) < 4.78 is 66.1. The molecule has 0 aromatic heterocycles. The lowest BCUT2D eigenvalue weighted by Crippen LogP contribution is -2.56. The Bertz CT molecular complexity index is 972. The molecule has 3 fully saturated rings. The van der Waals surface area contributed by atoms with Crippen molar-refractivity contribution < 1.29 is 26.4 Å². The fourth-order valence-corrected chi connectivity index (χ4v) is 4.83. The van der Waals surface area contributed by atoms with Gasteiger partial charge in [-0.2, -0.15) is 18.4 Å². The number of anilines is 1. The molecule has 4 rings (SSSR count). The van der Waals surface area contributed by atoms with Crippen LogP contribution >= 0.6 is 0 Å². The molecular formula is C20H24F3N3O3S. The highest BCUT2D eigenvalue weighted by Gasteiger charge is 2.49. The van der Waals surface area contributed by atoms with Crippen LogP contribution in [0.15, 0.2) is 18.2 Å². The van der Waals surface area contributed by atoms with Gasteiger partial charge < -0.3 is 5.32 Å². The van der Waals surface area contributed by atoms with Gasteiger partial charge in [-0.05, 0) is 70.6 Å². The summed E-state index contributed by atoms with van der Waals surface area (Å²) in [6.45, 7) is 2.78. The fourth-order valence-electron chi connectivity index (χ4n) is 4.12. The number of amides is 1. The Morgan fingerprint density at radius 2 is 1.70 bits per heavy atom. The first-order chi connectivity index (χ1) is 13.8. The lowest BCUT2D eigenvalue weighted by molar-refractivity contribution is -0.137. The number of sulfonamides is 1. The lowest BCUT2D eigenvalue weighted by Gasteiger charge is -2.50. The van der Waals surface area contributed by atoms with E-state index in [0.29, 0.717) is 44.6 Å². The van der Waals surface area contributed by atoms with Crippen molar-refractivity contribution in [2.45, 2.75) is 69.3 Å². The first-order valence-electron chi connectivity index (χ1n) is 9.78. The van der Waals surface area contributed by atoms with Gasteiger partial charge in [0.2, 0.25) is 10.0 Å². The molecule has 0 radical (unpaired) electrons. The minimum atomic E-state index is -4.68. The van der Waals surface area contributed by atoms with Crippen LogP contribution in [0.3, 0.4) is 0 Å². The Balaban J connectivity index is 1.91. The molecule has 0 spiro atoms. The Kier molecular flexibility index (Phi) is 5.56. The number of alkyl halides is 3. The predicted octanol–water partition coefficient (Wildman–Crippen LogP) is 4.20. The van der Waals surface area contributed by atoms with Crippen LogP contribution in [0, 0.1) is 16.7 Å². The summed E-state index contributed by atoms with van der Waals surface area (Å²) >= 11 is 0. The minimum absolute atomic E-state index is 0.163. The molecule has 1 aromatic carbocycles. The number of rotatable bonds is 5. The van der Waals surface area contributed by atoms with E-state index < -0.39 is 44.1 Å². The number of halogens is 3. The maximum Gasteiger partial charge on any atom is 0.416 e. The first kappa shape index (κ1) is 22.4. The average molecular weight is 443 g/mol. The van der Waals surface area contributed by atoms with E-state index in [0.717, 1.165) is 12.1 Å². The van der Waals surface area contributed by atoms with E-state index in [1.165, 1.54) is 13.8 Å². The summed E-state index contributed by atoms with van der Waals surface area (Å²) in [6, 6.07) is 4.79. The molecule has 0 aliphatic heterocycles. The van der Waals surface area contributed by atoms with Gasteiger partial charge >= 0.3 is 6.18 Å². The van der Waals surface area contributed by atoms with Crippen molar-refractivity contribution >= 4 is 21.6 Å². The molecule has 0 heterocycles. The van der Waals surface area contributed by atoms with Crippen LogP contribution in [0.4, 0.5) is 18.9 Å². The third-order valence-electron chi connectivity index (χ3n) is 6.33. The quantitative estimate of drug-likeness (QED) is 0.712. The summed E-state index contributed by atoms with van der Waals surface area (Å²) in [7, 11) is -3.96. The maximum atomic E-state index is 13.2. The summed E-state index contributed by atoms with van der Waals surface area (Å²) in [5, 5.41) is 11.4. The van der Waals surface area contributed by atoms with Gasteiger partial charge in [-0.25, -0.2) is 8.42 Å². The fraction of sp³-hybridized carbons (Fsp3) is 0.600. The number of hydrogen-bond donors (Lipinski definition) is 2. The molecule has 3 aliphatic rings. The zero-order valence-corrected chi connectivity index (χ0v) is 17.6. The van der Waals surface area contributed by atoms with Crippen LogP contribution < -0.4 is 10.0 Å². The first-order valence-corrected chi connectivity index (χ1v) is 11.3.